The molecule has 0 aliphatic rings. The Morgan fingerprint density at radius 2 is 2.00 bits per heavy atom. The molecule has 0 radical (unpaired) electrons. The largest absolute Gasteiger partial charge is 0.270 e. The van der Waals surface area contributed by atoms with Crippen molar-refractivity contribution in [2.45, 2.75) is 10.9 Å². The number of thioether (sulfide) groups is 1. The number of rotatable bonds is 6. The second-order valence-electron chi connectivity index (χ2n) is 5.08. The highest BCUT2D eigenvalue weighted by Gasteiger charge is 2.09. The standard InChI is InChI=1S/C16H11Cl2N5O2S/c17-13-3-1-11(2-4-13)9-26-16-21-19-10-22(16)20-8-12-7-14(23(24)25)5-6-15(12)18/h1-8,10H,9H2/b20-8+. The molecule has 2 aromatic carbocycles. The van der Waals surface area contributed by atoms with Crippen molar-refractivity contribution in [3.8, 4) is 0 Å². The minimum absolute atomic E-state index is 0.0584. The molecule has 0 aliphatic heterocycles. The van der Waals surface area contributed by atoms with Crippen LogP contribution in [0.4, 0.5) is 5.69 Å². The maximum absolute atomic E-state index is 10.9. The number of halogens is 2. The molecule has 3 rings (SSSR count). The zero-order chi connectivity index (χ0) is 18.5. The van der Waals surface area contributed by atoms with Gasteiger partial charge in [0.05, 0.1) is 11.1 Å². The minimum Gasteiger partial charge on any atom is -0.258 e. The predicted octanol–water partition coefficient (Wildman–Crippen LogP) is 4.67. The lowest BCUT2D eigenvalue weighted by Gasteiger charge is -2.02. The van der Waals surface area contributed by atoms with Crippen molar-refractivity contribution in [3.63, 3.8) is 0 Å². The molecule has 26 heavy (non-hydrogen) atoms. The summed E-state index contributed by atoms with van der Waals surface area (Å²) in [5.74, 6) is 0.670. The molecule has 0 aliphatic carbocycles. The Morgan fingerprint density at radius 3 is 2.73 bits per heavy atom. The molecule has 132 valence electrons. The zero-order valence-corrected chi connectivity index (χ0v) is 15.4. The van der Waals surface area contributed by atoms with Crippen molar-refractivity contribution in [2.75, 3.05) is 0 Å². The molecule has 0 spiro atoms. The van der Waals surface area contributed by atoms with Gasteiger partial charge in [0.2, 0.25) is 5.16 Å². The van der Waals surface area contributed by atoms with Crippen LogP contribution in [0.25, 0.3) is 0 Å². The molecule has 3 aromatic rings. The predicted molar refractivity (Wildman–Crippen MR) is 102 cm³/mol. The number of nitro benzene ring substituents is 1. The number of nitrogens with zero attached hydrogens (tertiary/aromatic N) is 5. The van der Waals surface area contributed by atoms with Crippen molar-refractivity contribution in [3.05, 3.63) is 80.1 Å². The van der Waals surface area contributed by atoms with Crippen molar-refractivity contribution >= 4 is 46.9 Å². The summed E-state index contributed by atoms with van der Waals surface area (Å²) in [6.45, 7) is 0. The summed E-state index contributed by atoms with van der Waals surface area (Å²) in [5.41, 5.74) is 1.46. The number of aromatic nitrogens is 3. The maximum Gasteiger partial charge on any atom is 0.270 e. The third kappa shape index (κ3) is 4.60. The number of nitro groups is 1. The summed E-state index contributed by atoms with van der Waals surface area (Å²) < 4.78 is 1.48. The van der Waals surface area contributed by atoms with E-state index >= 15 is 0 Å². The average molecular weight is 408 g/mol. The van der Waals surface area contributed by atoms with E-state index in [1.54, 1.807) is 0 Å². The van der Waals surface area contributed by atoms with E-state index in [2.05, 4.69) is 15.3 Å². The van der Waals surface area contributed by atoms with Gasteiger partial charge in [-0.15, -0.1) is 10.2 Å². The Balaban J connectivity index is 1.74. The van der Waals surface area contributed by atoms with E-state index in [-0.39, 0.29) is 5.69 Å². The van der Waals surface area contributed by atoms with Crippen LogP contribution < -0.4 is 0 Å². The zero-order valence-electron chi connectivity index (χ0n) is 13.1. The number of hydrogen-bond donors (Lipinski definition) is 0. The van der Waals surface area contributed by atoms with E-state index in [1.807, 2.05) is 24.3 Å². The normalized spacial score (nSPS) is 11.2. The number of hydrogen-bond acceptors (Lipinski definition) is 6. The fourth-order valence-electron chi connectivity index (χ4n) is 1.99. The summed E-state index contributed by atoms with van der Waals surface area (Å²) in [6.07, 6.45) is 2.89. The third-order valence-corrected chi connectivity index (χ3v) is 4.89. The highest BCUT2D eigenvalue weighted by Crippen LogP contribution is 2.23. The van der Waals surface area contributed by atoms with Crippen molar-refractivity contribution in [1.82, 2.24) is 14.9 Å². The maximum atomic E-state index is 10.9. The molecule has 1 heterocycles. The molecule has 7 nitrogen and oxygen atoms in total. The molecular weight excluding hydrogens is 397 g/mol. The van der Waals surface area contributed by atoms with Gasteiger partial charge in [0.15, 0.2) is 0 Å². The second-order valence-corrected chi connectivity index (χ2v) is 6.87. The van der Waals surface area contributed by atoms with Crippen molar-refractivity contribution in [1.29, 1.82) is 0 Å². The summed E-state index contributed by atoms with van der Waals surface area (Å²) >= 11 is 13.4. The van der Waals surface area contributed by atoms with Crippen LogP contribution in [0.1, 0.15) is 11.1 Å². The first kappa shape index (κ1) is 18.4. The van der Waals surface area contributed by atoms with Gasteiger partial charge in [0.1, 0.15) is 6.33 Å². The molecule has 0 fully saturated rings. The molecule has 0 atom stereocenters. The van der Waals surface area contributed by atoms with Gasteiger partial charge in [0.25, 0.3) is 5.69 Å². The molecule has 0 amide bonds. The van der Waals surface area contributed by atoms with E-state index in [4.69, 9.17) is 23.2 Å². The Hall–Kier alpha value is -2.42. The lowest BCUT2D eigenvalue weighted by molar-refractivity contribution is -0.384. The lowest BCUT2D eigenvalue weighted by atomic mass is 10.2. The van der Waals surface area contributed by atoms with E-state index in [1.165, 1.54) is 47.2 Å². The highest BCUT2D eigenvalue weighted by atomic mass is 35.5. The fourth-order valence-corrected chi connectivity index (χ4v) is 3.10. The SMILES string of the molecule is O=[N+]([O-])c1ccc(Cl)c(/C=N/n2cnnc2SCc2ccc(Cl)cc2)c1. The van der Waals surface area contributed by atoms with E-state index in [9.17, 15) is 10.1 Å². The van der Waals surface area contributed by atoms with E-state index in [0.717, 1.165) is 5.56 Å². The van der Waals surface area contributed by atoms with Crippen molar-refractivity contribution < 1.29 is 4.92 Å². The van der Waals surface area contributed by atoms with Crippen LogP contribution in [0.15, 0.2) is 59.0 Å². The summed E-state index contributed by atoms with van der Waals surface area (Å²) in [5, 5.41) is 24.6. The summed E-state index contributed by atoms with van der Waals surface area (Å²) in [6, 6.07) is 11.7. The first-order valence-electron chi connectivity index (χ1n) is 7.28. The first-order valence-corrected chi connectivity index (χ1v) is 9.02. The second kappa shape index (κ2) is 8.31. The number of non-ortho nitro benzene ring substituents is 1. The Bertz CT molecular complexity index is 960. The molecular formula is C16H11Cl2N5O2S. The molecule has 10 heteroatoms. The molecule has 0 N–H and O–H groups in total. The monoisotopic (exact) mass is 407 g/mol. The Morgan fingerprint density at radius 1 is 1.23 bits per heavy atom. The Kier molecular flexibility index (Phi) is 5.87. The summed E-state index contributed by atoms with van der Waals surface area (Å²) in [7, 11) is 0. The average Bonchev–Trinajstić information content (AvgIpc) is 3.08. The van der Waals surface area contributed by atoms with Crippen LogP contribution in [-0.4, -0.2) is 26.0 Å². The van der Waals surface area contributed by atoms with Gasteiger partial charge >= 0.3 is 0 Å². The van der Waals surface area contributed by atoms with Gasteiger partial charge in [-0.3, -0.25) is 10.1 Å². The molecule has 0 bridgehead atoms. The van der Waals surface area contributed by atoms with Crippen LogP contribution in [0.5, 0.6) is 0 Å². The smallest absolute Gasteiger partial charge is 0.258 e. The van der Waals surface area contributed by atoms with Crippen LogP contribution >= 0.6 is 35.0 Å². The fraction of sp³-hybridized carbons (Fsp3) is 0.0625. The van der Waals surface area contributed by atoms with Gasteiger partial charge in [0, 0.05) is 33.5 Å². The van der Waals surface area contributed by atoms with Crippen LogP contribution in [-0.2, 0) is 5.75 Å². The van der Waals surface area contributed by atoms with Crippen LogP contribution in [0.3, 0.4) is 0 Å². The molecule has 0 saturated carbocycles. The van der Waals surface area contributed by atoms with E-state index < -0.39 is 4.92 Å². The van der Waals surface area contributed by atoms with Gasteiger partial charge < -0.3 is 0 Å². The van der Waals surface area contributed by atoms with Gasteiger partial charge in [-0.1, -0.05) is 47.1 Å². The minimum atomic E-state index is -0.486. The topological polar surface area (TPSA) is 86.2 Å². The van der Waals surface area contributed by atoms with Gasteiger partial charge in [-0.2, -0.15) is 9.78 Å². The third-order valence-electron chi connectivity index (χ3n) is 3.29. The van der Waals surface area contributed by atoms with Crippen LogP contribution in [0.2, 0.25) is 10.0 Å². The molecule has 0 unspecified atom stereocenters. The molecule has 0 saturated heterocycles. The molecule has 1 aromatic heterocycles. The van der Waals surface area contributed by atoms with Gasteiger partial charge in [-0.25, -0.2) is 0 Å². The van der Waals surface area contributed by atoms with Crippen LogP contribution in [0, 0.1) is 10.1 Å². The quantitative estimate of drug-likeness (QED) is 0.256. The Labute approximate surface area is 162 Å². The van der Waals surface area contributed by atoms with E-state index in [0.29, 0.717) is 26.5 Å². The van der Waals surface area contributed by atoms with Gasteiger partial charge in [-0.05, 0) is 23.8 Å². The van der Waals surface area contributed by atoms with Crippen molar-refractivity contribution in [2.24, 2.45) is 5.10 Å². The lowest BCUT2D eigenvalue weighted by Crippen LogP contribution is -1.95. The summed E-state index contributed by atoms with van der Waals surface area (Å²) in [4.78, 5) is 10.4. The first-order chi connectivity index (χ1) is 12.5. The number of benzene rings is 2. The highest BCUT2D eigenvalue weighted by molar-refractivity contribution is 7.98.